The molecule has 3 aliphatic rings. The van der Waals surface area contributed by atoms with E-state index in [9.17, 15) is 14.7 Å². The molecule has 2 heterocycles. The van der Waals surface area contributed by atoms with Crippen LogP contribution in [0.25, 0.3) is 11.6 Å². The fourth-order valence-electron chi connectivity index (χ4n) is 9.46. The number of para-hydroxylation sites is 1. The lowest BCUT2D eigenvalue weighted by molar-refractivity contribution is -0.122. The molecule has 290 valence electrons. The van der Waals surface area contributed by atoms with E-state index in [1.165, 1.54) is 15.3 Å². The monoisotopic (exact) mass is 837 g/mol. The van der Waals surface area contributed by atoms with Gasteiger partial charge < -0.3 is 14.3 Å². The van der Waals surface area contributed by atoms with Gasteiger partial charge in [0.25, 0.3) is 8.32 Å². The van der Waals surface area contributed by atoms with Crippen molar-refractivity contribution in [3.63, 3.8) is 0 Å². The average molecular weight is 839 g/mol. The molecule has 5 aromatic rings. The highest BCUT2D eigenvalue weighted by atomic mass is 79.9. The maximum atomic E-state index is 14.4. The molecule has 57 heavy (non-hydrogen) atoms. The molecule has 0 saturated carbocycles. The summed E-state index contributed by atoms with van der Waals surface area (Å²) in [4.78, 5) is 30.2. The number of nitrogens with zero attached hydrogens (tertiary/aromatic N) is 1. The van der Waals surface area contributed by atoms with Gasteiger partial charge in [-0.2, -0.15) is 0 Å². The molecule has 1 N–H and O–H groups in total. The number of hydrogen-bond donors (Lipinski definition) is 1. The van der Waals surface area contributed by atoms with Crippen molar-refractivity contribution in [3.8, 4) is 5.75 Å². The fraction of sp³-hybridized carbons (Fsp3) is 0.265. The summed E-state index contributed by atoms with van der Waals surface area (Å²) in [6, 6.07) is 46.2. The van der Waals surface area contributed by atoms with Gasteiger partial charge in [0.05, 0.1) is 36.8 Å². The van der Waals surface area contributed by atoms with Gasteiger partial charge in [-0.3, -0.25) is 14.5 Å². The third-order valence-electron chi connectivity index (χ3n) is 12.0. The van der Waals surface area contributed by atoms with E-state index in [-0.39, 0.29) is 34.6 Å². The van der Waals surface area contributed by atoms with E-state index < -0.39 is 20.2 Å². The molecule has 0 aromatic heterocycles. The Kier molecular flexibility index (Phi) is 11.1. The molecule has 0 radical (unpaired) electrons. The van der Waals surface area contributed by atoms with Gasteiger partial charge in [-0.15, -0.1) is 0 Å². The van der Waals surface area contributed by atoms with Crippen LogP contribution in [0.4, 0.5) is 5.69 Å². The van der Waals surface area contributed by atoms with Crippen LogP contribution < -0.4 is 15.3 Å². The number of rotatable bonds is 11. The van der Waals surface area contributed by atoms with Gasteiger partial charge in [0.2, 0.25) is 11.8 Å². The Morgan fingerprint density at radius 1 is 0.825 bits per heavy atom. The number of hydrogen-bond acceptors (Lipinski definition) is 5. The molecule has 2 fully saturated rings. The first-order valence-electron chi connectivity index (χ1n) is 19.8. The predicted molar refractivity (Wildman–Crippen MR) is 234 cm³/mol. The number of ether oxygens (including phenoxy) is 1. The van der Waals surface area contributed by atoms with Crippen LogP contribution in [0, 0.1) is 17.8 Å². The number of allylic oxidation sites excluding steroid dienone is 1. The Morgan fingerprint density at radius 3 is 2.04 bits per heavy atom. The first-order valence-corrected chi connectivity index (χ1v) is 22.5. The van der Waals surface area contributed by atoms with E-state index in [1.54, 1.807) is 6.07 Å². The largest absolute Gasteiger partial charge is 0.507 e. The highest BCUT2D eigenvalue weighted by Crippen LogP contribution is 2.51. The number of benzene rings is 5. The average Bonchev–Trinajstić information content (AvgIpc) is 3.76. The summed E-state index contributed by atoms with van der Waals surface area (Å²) < 4.78 is 15.2. The van der Waals surface area contributed by atoms with Crippen molar-refractivity contribution in [2.75, 3.05) is 18.1 Å². The van der Waals surface area contributed by atoms with Crippen molar-refractivity contribution in [1.29, 1.82) is 0 Å². The summed E-state index contributed by atoms with van der Waals surface area (Å²) in [5.41, 5.74) is 5.65. The van der Waals surface area contributed by atoms with Crippen molar-refractivity contribution >= 4 is 63.8 Å². The van der Waals surface area contributed by atoms with Gasteiger partial charge in [-0.25, -0.2) is 0 Å². The van der Waals surface area contributed by atoms with Gasteiger partial charge in [-0.1, -0.05) is 146 Å². The zero-order valence-corrected chi connectivity index (χ0v) is 35.2. The van der Waals surface area contributed by atoms with Crippen LogP contribution in [-0.4, -0.2) is 44.6 Å². The van der Waals surface area contributed by atoms with Crippen LogP contribution in [0.1, 0.15) is 51.2 Å². The van der Waals surface area contributed by atoms with E-state index in [0.29, 0.717) is 38.2 Å². The van der Waals surface area contributed by atoms with Gasteiger partial charge >= 0.3 is 0 Å². The Hall–Kier alpha value is -4.86. The van der Waals surface area contributed by atoms with Crippen LogP contribution in [-0.2, 0) is 18.8 Å². The highest BCUT2D eigenvalue weighted by molar-refractivity contribution is 9.10. The molecule has 6 nitrogen and oxygen atoms in total. The number of carbonyl (C=O) groups excluding carboxylic acids is 2. The lowest BCUT2D eigenvalue weighted by atomic mass is 9.69. The van der Waals surface area contributed by atoms with Crippen LogP contribution in [0.3, 0.4) is 0 Å². The maximum Gasteiger partial charge on any atom is 0.261 e. The molecule has 5 aromatic carbocycles. The number of fused-ring (bicyclic) bond motifs is 3. The first kappa shape index (κ1) is 39.0. The van der Waals surface area contributed by atoms with E-state index in [4.69, 9.17) is 9.16 Å². The molecule has 0 bridgehead atoms. The molecule has 0 unspecified atom stereocenters. The summed E-state index contributed by atoms with van der Waals surface area (Å²) in [5.74, 6) is -1.33. The van der Waals surface area contributed by atoms with Crippen molar-refractivity contribution in [2.45, 2.75) is 51.2 Å². The summed E-state index contributed by atoms with van der Waals surface area (Å²) in [6.45, 7) is 7.52. The second-order valence-electron chi connectivity index (χ2n) is 16.4. The topological polar surface area (TPSA) is 76.1 Å². The number of aromatic hydroxyl groups is 1. The summed E-state index contributed by atoms with van der Waals surface area (Å²) >= 11 is 3.57. The zero-order chi connectivity index (χ0) is 39.7. The first-order chi connectivity index (χ1) is 27.6. The van der Waals surface area contributed by atoms with Crippen molar-refractivity contribution in [1.82, 2.24) is 0 Å². The fourth-order valence-corrected chi connectivity index (χ4v) is 14.4. The number of halogens is 1. The minimum absolute atomic E-state index is 0.148. The second kappa shape index (κ2) is 16.2. The van der Waals surface area contributed by atoms with Gasteiger partial charge in [0, 0.05) is 16.0 Å². The standard InChI is InChI=1S/C49H48BrNO5Si/c1-49(2,3)57(39-20-12-6-13-21-39,40-22-14-7-15-23-40)56-31-36-30-41-46(48(54)51(47(41)53)38-18-10-5-11-19-38)42-32-55-44(45(36)42)27-24-34(33-16-8-4-9-17-33)28-35-29-37(50)25-26-43(35)52/h4-23,25-26,28-29,41-42,44,46,52H,24,27,30-32H2,1-3H3/b34-28-/t41-,42+,44-,46-/m1/s1. The SMILES string of the molecule is CC(C)(C)[Si](OCC1=C2[C@@H](CC/C(=C/c3cc(Br)ccc3O)c3ccccc3)OC[C@@H]2[C@@H]2C(=O)N(c3ccccc3)C(=O)[C@@H]2C1)(c1ccccc1)c1ccccc1. The van der Waals surface area contributed by atoms with Crippen LogP contribution in [0.5, 0.6) is 5.75 Å². The number of phenolic OH excluding ortho intramolecular Hbond substituents is 1. The third-order valence-corrected chi connectivity index (χ3v) is 17.5. The quantitative estimate of drug-likeness (QED) is 0.0621. The van der Waals surface area contributed by atoms with Crippen molar-refractivity contribution < 1.29 is 23.9 Å². The molecule has 0 spiro atoms. The van der Waals surface area contributed by atoms with Crippen LogP contribution in [0.2, 0.25) is 5.04 Å². The Morgan fingerprint density at radius 2 is 1.42 bits per heavy atom. The smallest absolute Gasteiger partial charge is 0.261 e. The molecule has 2 saturated heterocycles. The van der Waals surface area contributed by atoms with E-state index in [0.717, 1.165) is 32.3 Å². The number of amides is 2. The molecular weight excluding hydrogens is 791 g/mol. The molecule has 4 atom stereocenters. The summed E-state index contributed by atoms with van der Waals surface area (Å²) in [7, 11) is -2.94. The van der Waals surface area contributed by atoms with Gasteiger partial charge in [-0.05, 0) is 93.4 Å². The number of imide groups is 1. The number of phenols is 1. The number of anilines is 1. The van der Waals surface area contributed by atoms with Crippen molar-refractivity contribution in [2.24, 2.45) is 17.8 Å². The summed E-state index contributed by atoms with van der Waals surface area (Å²) in [6.07, 6.45) is 3.54. The second-order valence-corrected chi connectivity index (χ2v) is 21.6. The Balaban J connectivity index is 1.20. The van der Waals surface area contributed by atoms with Crippen LogP contribution >= 0.6 is 15.9 Å². The highest BCUT2D eigenvalue weighted by Gasteiger charge is 2.58. The molecule has 2 aliphatic heterocycles. The Labute approximate surface area is 345 Å². The van der Waals surface area contributed by atoms with Gasteiger partial charge in [0.15, 0.2) is 0 Å². The minimum Gasteiger partial charge on any atom is -0.507 e. The Bertz CT molecular complexity index is 2270. The molecule has 8 rings (SSSR count). The maximum absolute atomic E-state index is 14.4. The summed E-state index contributed by atoms with van der Waals surface area (Å²) in [5, 5.41) is 13.0. The number of carbonyl (C=O) groups is 2. The molecule has 1 aliphatic carbocycles. The molecule has 8 heteroatoms. The predicted octanol–water partition coefficient (Wildman–Crippen LogP) is 9.57. The molecule has 2 amide bonds. The minimum atomic E-state index is -2.94. The van der Waals surface area contributed by atoms with E-state index in [1.807, 2.05) is 72.8 Å². The van der Waals surface area contributed by atoms with Crippen molar-refractivity contribution in [3.05, 3.63) is 166 Å². The third kappa shape index (κ3) is 7.40. The lowest BCUT2D eigenvalue weighted by Crippen LogP contribution is -2.66. The van der Waals surface area contributed by atoms with Crippen LogP contribution in [0.15, 0.2) is 155 Å². The van der Waals surface area contributed by atoms with E-state index >= 15 is 0 Å². The van der Waals surface area contributed by atoms with Gasteiger partial charge in [0.1, 0.15) is 5.75 Å². The zero-order valence-electron chi connectivity index (χ0n) is 32.6. The lowest BCUT2D eigenvalue weighted by Gasteiger charge is -2.44. The normalized spacial score (nSPS) is 21.2. The van der Waals surface area contributed by atoms with E-state index in [2.05, 4.69) is 103 Å². The molecular formula is C49H48BrNO5Si.